The second kappa shape index (κ2) is 6.33. The Morgan fingerprint density at radius 2 is 1.88 bits per heavy atom. The first-order chi connectivity index (χ1) is 8.10. The van der Waals surface area contributed by atoms with Crippen LogP contribution in [-0.2, 0) is 0 Å². The van der Waals surface area contributed by atoms with Gasteiger partial charge in [0.15, 0.2) is 0 Å². The molecule has 1 aromatic carbocycles. The van der Waals surface area contributed by atoms with E-state index in [0.29, 0.717) is 0 Å². The monoisotopic (exact) mass is 241 g/mol. The number of rotatable bonds is 5. The van der Waals surface area contributed by atoms with Crippen molar-refractivity contribution >= 4 is 5.91 Å². The number of carbonyl (C=O) groups excluding carboxylic acids is 1. The average molecular weight is 241 g/mol. The average Bonchev–Trinajstić information content (AvgIpc) is 2.28. The van der Waals surface area contributed by atoms with Crippen molar-refractivity contribution in [2.24, 2.45) is 0 Å². The van der Waals surface area contributed by atoms with E-state index in [1.807, 2.05) is 13.8 Å². The molecule has 17 heavy (non-hydrogen) atoms. The lowest BCUT2D eigenvalue weighted by Gasteiger charge is -2.16. The molecule has 4 heteroatoms. The van der Waals surface area contributed by atoms with E-state index in [1.165, 1.54) is 6.07 Å². The van der Waals surface area contributed by atoms with Crippen LogP contribution in [0.15, 0.2) is 18.2 Å². The number of hydrogen-bond donors (Lipinski definition) is 1. The lowest BCUT2D eigenvalue weighted by Crippen LogP contribution is -2.35. The molecule has 0 heterocycles. The van der Waals surface area contributed by atoms with E-state index in [2.05, 4.69) is 5.32 Å². The highest BCUT2D eigenvalue weighted by Crippen LogP contribution is 2.13. The second-order valence-electron chi connectivity index (χ2n) is 3.96. The van der Waals surface area contributed by atoms with Crippen LogP contribution in [0.5, 0.6) is 0 Å². The van der Waals surface area contributed by atoms with Gasteiger partial charge in [0.05, 0.1) is 0 Å². The molecule has 0 bridgehead atoms. The van der Waals surface area contributed by atoms with E-state index in [1.54, 1.807) is 0 Å². The van der Waals surface area contributed by atoms with Crippen LogP contribution < -0.4 is 5.32 Å². The summed E-state index contributed by atoms with van der Waals surface area (Å²) in [5, 5.41) is 2.65. The Morgan fingerprint density at radius 1 is 1.29 bits per heavy atom. The molecule has 0 saturated carbocycles. The van der Waals surface area contributed by atoms with Crippen LogP contribution in [0.4, 0.5) is 8.78 Å². The SMILES string of the molecule is CCCC(CC)NC(=O)c1c(F)cccc1F. The van der Waals surface area contributed by atoms with Gasteiger partial charge in [-0.3, -0.25) is 4.79 Å². The van der Waals surface area contributed by atoms with Gasteiger partial charge in [0.2, 0.25) is 0 Å². The first kappa shape index (κ1) is 13.6. The highest BCUT2D eigenvalue weighted by atomic mass is 19.1. The fraction of sp³-hybridized carbons (Fsp3) is 0.462. The third-order valence-corrected chi connectivity index (χ3v) is 2.65. The summed E-state index contributed by atoms with van der Waals surface area (Å²) in [5.41, 5.74) is -0.498. The molecule has 1 rings (SSSR count). The minimum atomic E-state index is -0.825. The van der Waals surface area contributed by atoms with E-state index >= 15 is 0 Å². The Hall–Kier alpha value is -1.45. The third kappa shape index (κ3) is 3.51. The van der Waals surface area contributed by atoms with Crippen LogP contribution in [-0.4, -0.2) is 11.9 Å². The van der Waals surface area contributed by atoms with Gasteiger partial charge >= 0.3 is 0 Å². The van der Waals surface area contributed by atoms with Crippen LogP contribution in [0.1, 0.15) is 43.5 Å². The van der Waals surface area contributed by atoms with E-state index in [4.69, 9.17) is 0 Å². The molecule has 94 valence electrons. The molecule has 1 N–H and O–H groups in total. The predicted molar refractivity (Wildman–Crippen MR) is 62.8 cm³/mol. The number of nitrogens with one attached hydrogen (secondary N) is 1. The zero-order valence-electron chi connectivity index (χ0n) is 10.1. The molecular weight excluding hydrogens is 224 g/mol. The summed E-state index contributed by atoms with van der Waals surface area (Å²) in [5.74, 6) is -2.33. The maximum Gasteiger partial charge on any atom is 0.257 e. The number of amides is 1. The Kier molecular flexibility index (Phi) is 5.07. The van der Waals surface area contributed by atoms with Crippen molar-refractivity contribution in [3.05, 3.63) is 35.4 Å². The van der Waals surface area contributed by atoms with Crippen LogP contribution in [0, 0.1) is 11.6 Å². The van der Waals surface area contributed by atoms with Gasteiger partial charge in [-0.05, 0) is 25.0 Å². The van der Waals surface area contributed by atoms with Crippen molar-refractivity contribution in [1.29, 1.82) is 0 Å². The molecule has 1 amide bonds. The molecule has 0 aromatic heterocycles. The summed E-state index contributed by atoms with van der Waals surface area (Å²) in [6.45, 7) is 3.93. The minimum Gasteiger partial charge on any atom is -0.349 e. The van der Waals surface area contributed by atoms with Gasteiger partial charge in [-0.2, -0.15) is 0 Å². The van der Waals surface area contributed by atoms with Crippen LogP contribution in [0.25, 0.3) is 0 Å². The molecule has 0 radical (unpaired) electrons. The van der Waals surface area contributed by atoms with Gasteiger partial charge in [0.25, 0.3) is 5.91 Å². The van der Waals surface area contributed by atoms with Crippen LogP contribution >= 0.6 is 0 Å². The quantitative estimate of drug-likeness (QED) is 0.842. The Labute approximate surface area is 100 Å². The minimum absolute atomic E-state index is 0.0356. The fourth-order valence-corrected chi connectivity index (χ4v) is 1.70. The molecular formula is C13H17F2NO. The van der Waals surface area contributed by atoms with E-state index in [9.17, 15) is 13.6 Å². The van der Waals surface area contributed by atoms with E-state index in [0.717, 1.165) is 31.4 Å². The Bertz CT molecular complexity index is 373. The molecule has 0 aliphatic heterocycles. The predicted octanol–water partition coefficient (Wildman–Crippen LogP) is 3.27. The highest BCUT2D eigenvalue weighted by Gasteiger charge is 2.19. The summed E-state index contributed by atoms with van der Waals surface area (Å²) in [6, 6.07) is 3.37. The molecule has 0 fully saturated rings. The molecule has 0 aliphatic rings. The number of benzene rings is 1. The molecule has 0 spiro atoms. The second-order valence-corrected chi connectivity index (χ2v) is 3.96. The van der Waals surface area contributed by atoms with Gasteiger partial charge in [0, 0.05) is 6.04 Å². The first-order valence-corrected chi connectivity index (χ1v) is 5.85. The Balaban J connectivity index is 2.82. The fourth-order valence-electron chi connectivity index (χ4n) is 1.70. The zero-order valence-corrected chi connectivity index (χ0v) is 10.1. The van der Waals surface area contributed by atoms with E-state index < -0.39 is 23.1 Å². The van der Waals surface area contributed by atoms with Gasteiger partial charge in [-0.15, -0.1) is 0 Å². The van der Waals surface area contributed by atoms with Crippen molar-refractivity contribution in [1.82, 2.24) is 5.32 Å². The largest absolute Gasteiger partial charge is 0.349 e. The topological polar surface area (TPSA) is 29.1 Å². The summed E-state index contributed by atoms with van der Waals surface area (Å²) < 4.78 is 26.7. The molecule has 1 unspecified atom stereocenters. The van der Waals surface area contributed by atoms with Crippen molar-refractivity contribution in [2.45, 2.75) is 39.2 Å². The van der Waals surface area contributed by atoms with Gasteiger partial charge in [-0.25, -0.2) is 8.78 Å². The smallest absolute Gasteiger partial charge is 0.257 e. The molecule has 0 saturated heterocycles. The summed E-state index contributed by atoms with van der Waals surface area (Å²) in [4.78, 5) is 11.7. The van der Waals surface area contributed by atoms with Gasteiger partial charge in [0.1, 0.15) is 17.2 Å². The van der Waals surface area contributed by atoms with Crippen molar-refractivity contribution < 1.29 is 13.6 Å². The van der Waals surface area contributed by atoms with Crippen molar-refractivity contribution in [3.63, 3.8) is 0 Å². The summed E-state index contributed by atoms with van der Waals surface area (Å²) in [7, 11) is 0. The number of carbonyl (C=O) groups is 1. The third-order valence-electron chi connectivity index (χ3n) is 2.65. The van der Waals surface area contributed by atoms with Crippen LogP contribution in [0.2, 0.25) is 0 Å². The maximum atomic E-state index is 13.3. The molecule has 1 atom stereocenters. The highest BCUT2D eigenvalue weighted by molar-refractivity contribution is 5.94. The lowest BCUT2D eigenvalue weighted by molar-refractivity contribution is 0.0925. The number of halogens is 2. The first-order valence-electron chi connectivity index (χ1n) is 5.85. The van der Waals surface area contributed by atoms with Crippen LogP contribution in [0.3, 0.4) is 0 Å². The van der Waals surface area contributed by atoms with Crippen molar-refractivity contribution in [3.8, 4) is 0 Å². The standard InChI is InChI=1S/C13H17F2NO/c1-3-6-9(4-2)16-13(17)12-10(14)7-5-8-11(12)15/h5,7-9H,3-4,6H2,1-2H3,(H,16,17). The zero-order chi connectivity index (χ0) is 12.8. The molecule has 0 aliphatic carbocycles. The van der Waals surface area contributed by atoms with Gasteiger partial charge in [-0.1, -0.05) is 26.3 Å². The number of hydrogen-bond acceptors (Lipinski definition) is 1. The summed E-state index contributed by atoms with van der Waals surface area (Å²) in [6.07, 6.45) is 2.46. The normalized spacial score (nSPS) is 12.2. The van der Waals surface area contributed by atoms with E-state index in [-0.39, 0.29) is 6.04 Å². The summed E-state index contributed by atoms with van der Waals surface area (Å²) >= 11 is 0. The van der Waals surface area contributed by atoms with Gasteiger partial charge < -0.3 is 5.32 Å². The lowest BCUT2D eigenvalue weighted by atomic mass is 10.1. The Morgan fingerprint density at radius 3 is 2.35 bits per heavy atom. The molecule has 1 aromatic rings. The molecule has 2 nitrogen and oxygen atoms in total. The maximum absolute atomic E-state index is 13.3. The van der Waals surface area contributed by atoms with Crippen molar-refractivity contribution in [2.75, 3.05) is 0 Å².